The second-order valence-corrected chi connectivity index (χ2v) is 2.43. The van der Waals surface area contributed by atoms with Crippen LogP contribution < -0.4 is 5.32 Å². The van der Waals surface area contributed by atoms with Crippen LogP contribution in [0, 0.1) is 0 Å². The van der Waals surface area contributed by atoms with Crippen LogP contribution >= 0.6 is 0 Å². The van der Waals surface area contributed by atoms with Gasteiger partial charge in [0.25, 0.3) is 5.91 Å². The minimum Gasteiger partial charge on any atom is -0.451 e. The number of aliphatic hydroxyl groups excluding tert-OH is 1. The van der Waals surface area contributed by atoms with Gasteiger partial charge in [0.05, 0.1) is 6.10 Å². The average Bonchev–Trinajstić information content (AvgIpc) is 2.51. The second kappa shape index (κ2) is 3.87. The van der Waals surface area contributed by atoms with Crippen molar-refractivity contribution in [2.24, 2.45) is 0 Å². The first kappa shape index (κ1) is 8.73. The zero-order chi connectivity index (χ0) is 8.97. The van der Waals surface area contributed by atoms with Crippen molar-refractivity contribution in [3.63, 3.8) is 0 Å². The fourth-order valence-electron chi connectivity index (χ4n) is 0.656. The number of rotatable bonds is 3. The van der Waals surface area contributed by atoms with E-state index in [1.165, 1.54) is 12.7 Å². The van der Waals surface area contributed by atoms with E-state index in [0.717, 1.165) is 0 Å². The molecule has 0 saturated carbocycles. The van der Waals surface area contributed by atoms with E-state index in [4.69, 9.17) is 5.11 Å². The van der Waals surface area contributed by atoms with Gasteiger partial charge in [-0.2, -0.15) is 0 Å². The number of hydrogen-bond acceptors (Lipinski definition) is 4. The third kappa shape index (κ3) is 2.35. The normalized spacial score (nSPS) is 12.5. The summed E-state index contributed by atoms with van der Waals surface area (Å²) < 4.78 is 4.61. The highest BCUT2D eigenvalue weighted by molar-refractivity contribution is 5.91. The molecule has 5 nitrogen and oxygen atoms in total. The first-order valence-electron chi connectivity index (χ1n) is 3.54. The number of nitrogens with zero attached hydrogens (tertiary/aromatic N) is 1. The minimum atomic E-state index is -0.555. The van der Waals surface area contributed by atoms with Gasteiger partial charge in [-0.3, -0.25) is 4.79 Å². The smallest absolute Gasteiger partial charge is 0.273 e. The highest BCUT2D eigenvalue weighted by Crippen LogP contribution is 1.93. The quantitative estimate of drug-likeness (QED) is 0.657. The first-order chi connectivity index (χ1) is 5.70. The molecule has 0 fully saturated rings. The maximum Gasteiger partial charge on any atom is 0.273 e. The van der Waals surface area contributed by atoms with Crippen LogP contribution in [-0.2, 0) is 0 Å². The Bertz CT molecular complexity index is 243. The van der Waals surface area contributed by atoms with Crippen LogP contribution in [0.15, 0.2) is 17.1 Å². The summed E-state index contributed by atoms with van der Waals surface area (Å²) in [5.41, 5.74) is 0.218. The first-order valence-corrected chi connectivity index (χ1v) is 3.54. The molecule has 0 spiro atoms. The predicted octanol–water partition coefficient (Wildman–Crippen LogP) is -0.215. The number of carbonyl (C=O) groups is 1. The third-order valence-corrected chi connectivity index (χ3v) is 1.22. The van der Waals surface area contributed by atoms with Crippen LogP contribution in [0.2, 0.25) is 0 Å². The van der Waals surface area contributed by atoms with Crippen molar-refractivity contribution in [1.82, 2.24) is 10.3 Å². The Morgan fingerprint density at radius 2 is 2.67 bits per heavy atom. The van der Waals surface area contributed by atoms with E-state index in [-0.39, 0.29) is 18.1 Å². The molecule has 1 atom stereocenters. The molecule has 0 aliphatic rings. The van der Waals surface area contributed by atoms with Crippen LogP contribution in [-0.4, -0.2) is 28.6 Å². The second-order valence-electron chi connectivity index (χ2n) is 2.43. The van der Waals surface area contributed by atoms with E-state index >= 15 is 0 Å². The molecule has 0 aromatic carbocycles. The minimum absolute atomic E-state index is 0.214. The zero-order valence-electron chi connectivity index (χ0n) is 6.65. The third-order valence-electron chi connectivity index (χ3n) is 1.22. The molecule has 2 N–H and O–H groups in total. The van der Waals surface area contributed by atoms with Gasteiger partial charge in [-0.15, -0.1) is 0 Å². The Labute approximate surface area is 69.4 Å². The Hall–Kier alpha value is -1.36. The van der Waals surface area contributed by atoms with Gasteiger partial charge in [-0.1, -0.05) is 0 Å². The van der Waals surface area contributed by atoms with Gasteiger partial charge in [0.2, 0.25) is 0 Å². The summed E-state index contributed by atoms with van der Waals surface area (Å²) >= 11 is 0. The number of aliphatic hydroxyl groups is 1. The summed E-state index contributed by atoms with van der Waals surface area (Å²) in [6, 6.07) is 0. The van der Waals surface area contributed by atoms with Crippen molar-refractivity contribution in [2.45, 2.75) is 13.0 Å². The number of oxazole rings is 1. The molecule has 1 rings (SSSR count). The Morgan fingerprint density at radius 3 is 3.17 bits per heavy atom. The molecule has 1 aromatic rings. The van der Waals surface area contributed by atoms with Gasteiger partial charge in [-0.05, 0) is 6.92 Å². The lowest BCUT2D eigenvalue weighted by Gasteiger charge is -2.03. The summed E-state index contributed by atoms with van der Waals surface area (Å²) in [6.07, 6.45) is 1.87. The number of nitrogens with one attached hydrogen (secondary N) is 1. The zero-order valence-corrected chi connectivity index (χ0v) is 6.65. The monoisotopic (exact) mass is 170 g/mol. The number of carbonyl (C=O) groups excluding carboxylic acids is 1. The van der Waals surface area contributed by atoms with Crippen LogP contribution in [0.5, 0.6) is 0 Å². The fraction of sp³-hybridized carbons (Fsp3) is 0.429. The number of hydrogen-bond donors (Lipinski definition) is 2. The molecule has 0 bridgehead atoms. The predicted molar refractivity (Wildman–Crippen MR) is 40.5 cm³/mol. The highest BCUT2D eigenvalue weighted by Gasteiger charge is 2.08. The van der Waals surface area contributed by atoms with Crippen LogP contribution in [0.4, 0.5) is 0 Å². The molecular formula is C7H10N2O3. The largest absolute Gasteiger partial charge is 0.451 e. The lowest BCUT2D eigenvalue weighted by atomic mass is 10.4. The SMILES string of the molecule is C[C@H](O)CNC(=O)c1cocn1. The lowest BCUT2D eigenvalue weighted by Crippen LogP contribution is -2.30. The molecule has 0 radical (unpaired) electrons. The van der Waals surface area contributed by atoms with Crippen LogP contribution in [0.1, 0.15) is 17.4 Å². The molecule has 1 amide bonds. The van der Waals surface area contributed by atoms with E-state index in [9.17, 15) is 4.79 Å². The molecule has 1 heterocycles. The van der Waals surface area contributed by atoms with Crippen molar-refractivity contribution in [3.8, 4) is 0 Å². The van der Waals surface area contributed by atoms with Gasteiger partial charge in [0.15, 0.2) is 12.1 Å². The van der Waals surface area contributed by atoms with E-state index in [0.29, 0.717) is 0 Å². The van der Waals surface area contributed by atoms with Gasteiger partial charge in [0.1, 0.15) is 6.26 Å². The van der Waals surface area contributed by atoms with Gasteiger partial charge < -0.3 is 14.8 Å². The molecule has 12 heavy (non-hydrogen) atoms. The maximum absolute atomic E-state index is 11.1. The fourth-order valence-corrected chi connectivity index (χ4v) is 0.656. The van der Waals surface area contributed by atoms with E-state index in [2.05, 4.69) is 14.7 Å². The Morgan fingerprint density at radius 1 is 1.92 bits per heavy atom. The maximum atomic E-state index is 11.1. The molecule has 66 valence electrons. The van der Waals surface area contributed by atoms with E-state index < -0.39 is 6.10 Å². The van der Waals surface area contributed by atoms with Gasteiger partial charge in [0, 0.05) is 6.54 Å². The summed E-state index contributed by atoms with van der Waals surface area (Å²) in [5, 5.41) is 11.3. The number of amides is 1. The van der Waals surface area contributed by atoms with Crippen LogP contribution in [0.25, 0.3) is 0 Å². The van der Waals surface area contributed by atoms with Crippen molar-refractivity contribution in [2.75, 3.05) is 6.54 Å². The molecule has 1 aromatic heterocycles. The van der Waals surface area contributed by atoms with Crippen molar-refractivity contribution in [1.29, 1.82) is 0 Å². The van der Waals surface area contributed by atoms with Crippen molar-refractivity contribution in [3.05, 3.63) is 18.4 Å². The van der Waals surface area contributed by atoms with Gasteiger partial charge >= 0.3 is 0 Å². The number of aromatic nitrogens is 1. The van der Waals surface area contributed by atoms with E-state index in [1.54, 1.807) is 6.92 Å². The lowest BCUT2D eigenvalue weighted by molar-refractivity contribution is 0.0919. The van der Waals surface area contributed by atoms with Crippen molar-refractivity contribution < 1.29 is 14.3 Å². The topological polar surface area (TPSA) is 75.4 Å². The van der Waals surface area contributed by atoms with E-state index in [1.807, 2.05) is 0 Å². The molecule has 5 heteroatoms. The summed E-state index contributed by atoms with van der Waals surface area (Å²) in [5.74, 6) is -0.343. The average molecular weight is 170 g/mol. The van der Waals surface area contributed by atoms with Crippen LogP contribution in [0.3, 0.4) is 0 Å². The highest BCUT2D eigenvalue weighted by atomic mass is 16.3. The standard InChI is InChI=1S/C7H10N2O3/c1-5(10)2-8-7(11)6-3-12-4-9-6/h3-5,10H,2H2,1H3,(H,8,11)/t5-/m0/s1. The molecule has 0 unspecified atom stereocenters. The summed E-state index contributed by atoms with van der Waals surface area (Å²) in [6.45, 7) is 1.80. The molecular weight excluding hydrogens is 160 g/mol. The van der Waals surface area contributed by atoms with Gasteiger partial charge in [-0.25, -0.2) is 4.98 Å². The molecule has 0 saturated heterocycles. The summed E-state index contributed by atoms with van der Waals surface area (Å²) in [7, 11) is 0. The summed E-state index contributed by atoms with van der Waals surface area (Å²) in [4.78, 5) is 14.7. The molecule has 0 aliphatic carbocycles. The molecule has 0 aliphatic heterocycles. The van der Waals surface area contributed by atoms with Crippen molar-refractivity contribution >= 4 is 5.91 Å². The Balaban J connectivity index is 2.40. The Kier molecular flexibility index (Phi) is 2.82.